The van der Waals surface area contributed by atoms with Gasteiger partial charge in [0, 0.05) is 38.6 Å². The molecule has 11 aromatic carbocycles. The standard InChI is InChI=1S/C70H47N3/c1-9-25-48(26-10-1)56-41-59(50-29-13-3-14-30-50)67-65(45-56)73(66-46-57(49-27-11-2-12-28-49)42-60(68(66)67)51-31-15-4-16-32-51)69-61(52-33-17-5-18-34-52)43-58(44-62(69)53-35-19-6-20-36-53)70-71-63(54-37-21-7-22-38-54)47-64(72-70)55-39-23-8-24-40-55/h1-47H. The Morgan fingerprint density at radius 1 is 0.219 bits per heavy atom. The van der Waals surface area contributed by atoms with Crippen LogP contribution >= 0.6 is 0 Å². The Labute approximate surface area is 425 Å². The van der Waals surface area contributed by atoms with Crippen molar-refractivity contribution in [2.45, 2.75) is 0 Å². The Kier molecular flexibility index (Phi) is 11.2. The molecule has 0 saturated carbocycles. The second-order valence-electron chi connectivity index (χ2n) is 18.5. The smallest absolute Gasteiger partial charge is 0.160 e. The predicted octanol–water partition coefficient (Wildman–Crippen LogP) is 18.6. The van der Waals surface area contributed by atoms with Crippen molar-refractivity contribution in [1.82, 2.24) is 14.5 Å². The predicted molar refractivity (Wildman–Crippen MR) is 305 cm³/mol. The van der Waals surface area contributed by atoms with Gasteiger partial charge < -0.3 is 4.57 Å². The van der Waals surface area contributed by atoms with Gasteiger partial charge in [0.2, 0.25) is 0 Å². The highest BCUT2D eigenvalue weighted by Gasteiger charge is 2.27. The van der Waals surface area contributed by atoms with Crippen molar-refractivity contribution in [2.75, 3.05) is 0 Å². The molecule has 0 aliphatic rings. The zero-order valence-electron chi connectivity index (χ0n) is 40.0. The summed E-state index contributed by atoms with van der Waals surface area (Å²) in [6, 6.07) is 102. The van der Waals surface area contributed by atoms with E-state index in [9.17, 15) is 0 Å². The van der Waals surface area contributed by atoms with Gasteiger partial charge >= 0.3 is 0 Å². The van der Waals surface area contributed by atoms with E-state index in [4.69, 9.17) is 9.97 Å². The van der Waals surface area contributed by atoms with Crippen molar-refractivity contribution in [3.05, 3.63) is 285 Å². The van der Waals surface area contributed by atoms with Gasteiger partial charge in [-0.2, -0.15) is 0 Å². The first-order valence-corrected chi connectivity index (χ1v) is 24.9. The SMILES string of the molecule is c1ccc(-c2cc(-c3ccccc3)c3c4c(-c5ccccc5)cc(-c5ccccc5)cc4n(-c4c(-c5ccccc5)cc(-c5nc(-c6ccccc6)cc(-c6ccccc6)n5)cc4-c4ccccc4)c3c2)cc1. The molecule has 73 heavy (non-hydrogen) atoms. The highest BCUT2D eigenvalue weighted by Crippen LogP contribution is 2.50. The summed E-state index contributed by atoms with van der Waals surface area (Å²) in [5, 5.41) is 2.38. The lowest BCUT2D eigenvalue weighted by Crippen LogP contribution is -2.03. The van der Waals surface area contributed by atoms with Gasteiger partial charge in [-0.15, -0.1) is 0 Å². The minimum absolute atomic E-state index is 0.652. The van der Waals surface area contributed by atoms with Crippen LogP contribution in [0.4, 0.5) is 0 Å². The third-order valence-electron chi connectivity index (χ3n) is 14.0. The van der Waals surface area contributed by atoms with Crippen LogP contribution in [-0.2, 0) is 0 Å². The molecule has 0 aliphatic heterocycles. The molecule has 0 saturated heterocycles. The third kappa shape index (κ3) is 8.19. The van der Waals surface area contributed by atoms with E-state index in [1.807, 2.05) is 12.1 Å². The summed E-state index contributed by atoms with van der Waals surface area (Å²) in [5.41, 5.74) is 21.5. The molecule has 0 fully saturated rings. The second-order valence-corrected chi connectivity index (χ2v) is 18.5. The maximum absolute atomic E-state index is 5.42. The van der Waals surface area contributed by atoms with Crippen LogP contribution in [-0.4, -0.2) is 14.5 Å². The Hall–Kier alpha value is -9.70. The van der Waals surface area contributed by atoms with Gasteiger partial charge in [-0.1, -0.05) is 243 Å². The number of fused-ring (bicyclic) bond motifs is 3. The summed E-state index contributed by atoms with van der Waals surface area (Å²) in [5.74, 6) is 0.652. The molecule has 0 spiro atoms. The summed E-state index contributed by atoms with van der Waals surface area (Å²) in [4.78, 5) is 10.8. The van der Waals surface area contributed by atoms with E-state index in [1.54, 1.807) is 0 Å². The molecule has 2 heterocycles. The van der Waals surface area contributed by atoms with Gasteiger partial charge in [-0.05, 0) is 98.1 Å². The Bertz CT molecular complexity index is 3810. The zero-order chi connectivity index (χ0) is 48.5. The summed E-state index contributed by atoms with van der Waals surface area (Å²) in [6.07, 6.45) is 0. The average Bonchev–Trinajstić information content (AvgIpc) is 3.82. The molecular formula is C70H47N3. The van der Waals surface area contributed by atoms with Gasteiger partial charge in [0.1, 0.15) is 0 Å². The first kappa shape index (κ1) is 43.3. The van der Waals surface area contributed by atoms with E-state index in [2.05, 4.69) is 278 Å². The molecule has 0 aliphatic carbocycles. The zero-order valence-corrected chi connectivity index (χ0v) is 40.0. The first-order chi connectivity index (χ1) is 36.2. The van der Waals surface area contributed by atoms with Crippen LogP contribution in [0.1, 0.15) is 0 Å². The summed E-state index contributed by atoms with van der Waals surface area (Å²) in [7, 11) is 0. The second kappa shape index (κ2) is 18.9. The number of hydrogen-bond acceptors (Lipinski definition) is 2. The minimum atomic E-state index is 0.652. The fourth-order valence-electron chi connectivity index (χ4n) is 10.6. The Balaban J connectivity index is 1.23. The third-order valence-corrected chi connectivity index (χ3v) is 14.0. The molecule has 3 heteroatoms. The Morgan fingerprint density at radius 3 is 0.822 bits per heavy atom. The molecule has 13 aromatic rings. The molecule has 0 bridgehead atoms. The number of aromatic nitrogens is 3. The van der Waals surface area contributed by atoms with Gasteiger partial charge in [0.05, 0.1) is 28.1 Å². The van der Waals surface area contributed by atoms with Crippen molar-refractivity contribution < 1.29 is 0 Å². The van der Waals surface area contributed by atoms with Gasteiger partial charge in [0.25, 0.3) is 0 Å². The minimum Gasteiger partial charge on any atom is -0.308 e. The molecule has 3 nitrogen and oxygen atoms in total. The van der Waals surface area contributed by atoms with Gasteiger partial charge in [-0.25, -0.2) is 9.97 Å². The van der Waals surface area contributed by atoms with E-state index >= 15 is 0 Å². The van der Waals surface area contributed by atoms with Crippen molar-refractivity contribution in [2.24, 2.45) is 0 Å². The monoisotopic (exact) mass is 929 g/mol. The molecule has 13 rings (SSSR count). The lowest BCUT2D eigenvalue weighted by atomic mass is 9.90. The maximum Gasteiger partial charge on any atom is 0.160 e. The molecular weight excluding hydrogens is 883 g/mol. The van der Waals surface area contributed by atoms with Crippen LogP contribution in [0.3, 0.4) is 0 Å². The normalized spacial score (nSPS) is 11.3. The fraction of sp³-hybridized carbons (Fsp3) is 0. The van der Waals surface area contributed by atoms with Gasteiger partial charge in [0.15, 0.2) is 5.82 Å². The molecule has 2 aromatic heterocycles. The average molecular weight is 930 g/mol. The summed E-state index contributed by atoms with van der Waals surface area (Å²) >= 11 is 0. The van der Waals surface area contributed by atoms with E-state index in [-0.39, 0.29) is 0 Å². The Morgan fingerprint density at radius 2 is 0.493 bits per heavy atom. The number of nitrogens with zero attached hydrogens (tertiary/aromatic N) is 3. The molecule has 0 radical (unpaired) electrons. The van der Waals surface area contributed by atoms with Crippen LogP contribution < -0.4 is 0 Å². The quantitative estimate of drug-likeness (QED) is 0.137. The van der Waals surface area contributed by atoms with Gasteiger partial charge in [-0.3, -0.25) is 0 Å². The van der Waals surface area contributed by atoms with Crippen LogP contribution in [0.2, 0.25) is 0 Å². The molecule has 0 unspecified atom stereocenters. The molecule has 0 N–H and O–H groups in total. The fourth-order valence-corrected chi connectivity index (χ4v) is 10.6. The maximum atomic E-state index is 5.42. The van der Waals surface area contributed by atoms with Crippen LogP contribution in [0.25, 0.3) is 128 Å². The summed E-state index contributed by atoms with van der Waals surface area (Å²) in [6.45, 7) is 0. The lowest BCUT2D eigenvalue weighted by molar-refractivity contribution is 1.17. The number of benzene rings is 11. The van der Waals surface area contributed by atoms with Crippen molar-refractivity contribution in [3.63, 3.8) is 0 Å². The highest BCUT2D eigenvalue weighted by atomic mass is 15.0. The van der Waals surface area contributed by atoms with E-state index < -0.39 is 0 Å². The van der Waals surface area contributed by atoms with E-state index in [0.29, 0.717) is 5.82 Å². The van der Waals surface area contributed by atoms with E-state index in [0.717, 1.165) is 100 Å². The van der Waals surface area contributed by atoms with Crippen molar-refractivity contribution >= 4 is 21.8 Å². The van der Waals surface area contributed by atoms with E-state index in [1.165, 1.54) is 21.9 Å². The topological polar surface area (TPSA) is 30.7 Å². The van der Waals surface area contributed by atoms with Crippen molar-refractivity contribution in [3.8, 4) is 106 Å². The summed E-state index contributed by atoms with van der Waals surface area (Å²) < 4.78 is 2.58. The molecule has 0 amide bonds. The van der Waals surface area contributed by atoms with Crippen molar-refractivity contribution in [1.29, 1.82) is 0 Å². The molecule has 0 atom stereocenters. The first-order valence-electron chi connectivity index (χ1n) is 24.9. The van der Waals surface area contributed by atoms with Crippen LogP contribution in [0.5, 0.6) is 0 Å². The molecule has 342 valence electrons. The highest BCUT2D eigenvalue weighted by molar-refractivity contribution is 6.23. The number of hydrogen-bond donors (Lipinski definition) is 0. The lowest BCUT2D eigenvalue weighted by Gasteiger charge is -2.22. The largest absolute Gasteiger partial charge is 0.308 e. The number of rotatable bonds is 10. The van der Waals surface area contributed by atoms with Crippen LogP contribution in [0.15, 0.2) is 285 Å². The van der Waals surface area contributed by atoms with Crippen LogP contribution in [0, 0.1) is 0 Å².